The molecule has 1 saturated carbocycles. The second kappa shape index (κ2) is 3.67. The van der Waals surface area contributed by atoms with Crippen LogP contribution in [0.5, 0.6) is 0 Å². The minimum atomic E-state index is -0.212. The average molecular weight is 250 g/mol. The standard InChI is InChI=1S/C15H22O3/c1-9(2)10-7-13-14(3,18-13)6-5-12-15(4,17-12)8-11(10)16/h12-13H,5-8H2,1-4H3/t12-,13+,14-,15-/m0/s1. The predicted molar refractivity (Wildman–Crippen MR) is 68.4 cm³/mol. The lowest BCUT2D eigenvalue weighted by Gasteiger charge is -2.14. The Labute approximate surface area is 109 Å². The van der Waals surface area contributed by atoms with Crippen LogP contribution in [0.1, 0.15) is 53.4 Å². The van der Waals surface area contributed by atoms with Crippen molar-refractivity contribution in [3.8, 4) is 0 Å². The molecule has 2 heterocycles. The van der Waals surface area contributed by atoms with E-state index in [0.29, 0.717) is 6.42 Å². The van der Waals surface area contributed by atoms with Crippen molar-refractivity contribution in [2.24, 2.45) is 0 Å². The topological polar surface area (TPSA) is 42.1 Å². The number of allylic oxidation sites excluding steroid dienone is 1. The van der Waals surface area contributed by atoms with E-state index < -0.39 is 0 Å². The van der Waals surface area contributed by atoms with E-state index in [4.69, 9.17) is 9.47 Å². The number of Topliss-reactive ketones (excluding diaryl/α,β-unsaturated/α-hetero) is 1. The van der Waals surface area contributed by atoms with Gasteiger partial charge in [-0.05, 0) is 46.1 Å². The smallest absolute Gasteiger partial charge is 0.161 e. The lowest BCUT2D eigenvalue weighted by atomic mass is 9.85. The Kier molecular flexibility index (Phi) is 2.52. The summed E-state index contributed by atoms with van der Waals surface area (Å²) in [4.78, 5) is 12.4. The van der Waals surface area contributed by atoms with Crippen molar-refractivity contribution in [3.63, 3.8) is 0 Å². The van der Waals surface area contributed by atoms with E-state index in [1.54, 1.807) is 0 Å². The fourth-order valence-electron chi connectivity index (χ4n) is 3.20. The van der Waals surface area contributed by atoms with E-state index in [1.807, 2.05) is 13.8 Å². The molecule has 2 saturated heterocycles. The van der Waals surface area contributed by atoms with Gasteiger partial charge in [-0.15, -0.1) is 0 Å². The normalized spacial score (nSPS) is 47.1. The van der Waals surface area contributed by atoms with Gasteiger partial charge in [-0.3, -0.25) is 4.79 Å². The third kappa shape index (κ3) is 1.94. The molecule has 100 valence electrons. The summed E-state index contributed by atoms with van der Waals surface area (Å²) in [6.45, 7) is 8.26. The molecule has 3 aliphatic rings. The molecule has 0 radical (unpaired) electrons. The highest BCUT2D eigenvalue weighted by Crippen LogP contribution is 2.50. The summed E-state index contributed by atoms with van der Waals surface area (Å²) < 4.78 is 11.6. The largest absolute Gasteiger partial charge is 0.366 e. The predicted octanol–water partition coefficient (Wildman–Crippen LogP) is 2.78. The molecule has 3 heteroatoms. The van der Waals surface area contributed by atoms with Crippen LogP contribution in [0.2, 0.25) is 0 Å². The minimum absolute atomic E-state index is 0.0226. The first-order valence-electron chi connectivity index (χ1n) is 6.89. The molecule has 0 aromatic carbocycles. The lowest BCUT2D eigenvalue weighted by Crippen LogP contribution is -2.23. The van der Waals surface area contributed by atoms with Gasteiger partial charge in [0.2, 0.25) is 0 Å². The van der Waals surface area contributed by atoms with Crippen molar-refractivity contribution in [3.05, 3.63) is 11.1 Å². The Morgan fingerprint density at radius 2 is 1.83 bits per heavy atom. The maximum absolute atomic E-state index is 12.4. The highest BCUT2D eigenvalue weighted by Gasteiger charge is 2.58. The third-order valence-corrected chi connectivity index (χ3v) is 4.81. The monoisotopic (exact) mass is 250 g/mol. The molecule has 4 atom stereocenters. The first kappa shape index (κ1) is 12.4. The van der Waals surface area contributed by atoms with Crippen molar-refractivity contribution in [1.82, 2.24) is 0 Å². The molecular formula is C15H22O3. The molecule has 0 spiro atoms. The summed E-state index contributed by atoms with van der Waals surface area (Å²) in [7, 11) is 0. The Morgan fingerprint density at radius 3 is 2.50 bits per heavy atom. The zero-order valence-electron chi connectivity index (χ0n) is 11.7. The molecule has 1 aliphatic carbocycles. The van der Waals surface area contributed by atoms with Crippen LogP contribution in [-0.4, -0.2) is 29.2 Å². The van der Waals surface area contributed by atoms with Gasteiger partial charge < -0.3 is 9.47 Å². The highest BCUT2D eigenvalue weighted by molar-refractivity contribution is 5.97. The van der Waals surface area contributed by atoms with Gasteiger partial charge in [-0.1, -0.05) is 5.57 Å². The first-order chi connectivity index (χ1) is 8.34. The molecule has 0 bridgehead atoms. The third-order valence-electron chi connectivity index (χ3n) is 4.81. The molecule has 0 unspecified atom stereocenters. The van der Waals surface area contributed by atoms with Crippen LogP contribution in [0.25, 0.3) is 0 Å². The maximum Gasteiger partial charge on any atom is 0.161 e. The number of hydrogen-bond acceptors (Lipinski definition) is 3. The molecule has 3 nitrogen and oxygen atoms in total. The van der Waals surface area contributed by atoms with Crippen LogP contribution >= 0.6 is 0 Å². The van der Waals surface area contributed by atoms with E-state index in [-0.39, 0.29) is 29.2 Å². The second-order valence-corrected chi connectivity index (χ2v) is 6.66. The van der Waals surface area contributed by atoms with Crippen molar-refractivity contribution in [1.29, 1.82) is 0 Å². The minimum Gasteiger partial charge on any atom is -0.366 e. The fourth-order valence-corrected chi connectivity index (χ4v) is 3.20. The Hall–Kier alpha value is -0.670. The number of carbonyl (C=O) groups is 1. The van der Waals surface area contributed by atoms with Crippen molar-refractivity contribution in [2.75, 3.05) is 0 Å². The van der Waals surface area contributed by atoms with E-state index in [0.717, 1.165) is 30.4 Å². The number of rotatable bonds is 0. The van der Waals surface area contributed by atoms with Crippen LogP contribution in [0, 0.1) is 0 Å². The molecule has 3 rings (SSSR count). The highest BCUT2D eigenvalue weighted by atomic mass is 16.6. The summed E-state index contributed by atoms with van der Waals surface area (Å²) in [5.74, 6) is 0.250. The van der Waals surface area contributed by atoms with Gasteiger partial charge in [0, 0.05) is 12.8 Å². The van der Waals surface area contributed by atoms with Gasteiger partial charge in [0.25, 0.3) is 0 Å². The Balaban J connectivity index is 1.86. The van der Waals surface area contributed by atoms with Crippen molar-refractivity contribution >= 4 is 5.78 Å². The van der Waals surface area contributed by atoms with Gasteiger partial charge in [0.1, 0.15) is 0 Å². The number of hydrogen-bond donors (Lipinski definition) is 0. The van der Waals surface area contributed by atoms with E-state index in [1.165, 1.54) is 0 Å². The summed E-state index contributed by atoms with van der Waals surface area (Å²) in [6.07, 6.45) is 3.84. The number of ketones is 1. The molecule has 0 aromatic heterocycles. The van der Waals surface area contributed by atoms with E-state index in [9.17, 15) is 4.79 Å². The maximum atomic E-state index is 12.4. The van der Waals surface area contributed by atoms with Gasteiger partial charge in [-0.25, -0.2) is 0 Å². The summed E-state index contributed by atoms with van der Waals surface area (Å²) in [5.41, 5.74) is 1.85. The molecule has 2 aliphatic heterocycles. The molecule has 0 aromatic rings. The molecule has 0 N–H and O–H groups in total. The first-order valence-corrected chi connectivity index (χ1v) is 6.89. The number of epoxide rings is 2. The van der Waals surface area contributed by atoms with Gasteiger partial charge in [0.15, 0.2) is 5.78 Å². The van der Waals surface area contributed by atoms with Crippen LogP contribution in [0.3, 0.4) is 0 Å². The number of fused-ring (bicyclic) bond motifs is 2. The van der Waals surface area contributed by atoms with E-state index in [2.05, 4.69) is 13.8 Å². The van der Waals surface area contributed by atoms with Gasteiger partial charge >= 0.3 is 0 Å². The van der Waals surface area contributed by atoms with Crippen LogP contribution in [0.4, 0.5) is 0 Å². The Morgan fingerprint density at radius 1 is 1.17 bits per heavy atom. The molecular weight excluding hydrogens is 228 g/mol. The lowest BCUT2D eigenvalue weighted by molar-refractivity contribution is -0.116. The quantitative estimate of drug-likeness (QED) is 0.490. The second-order valence-electron chi connectivity index (χ2n) is 6.66. The molecule has 3 fully saturated rings. The number of carbonyl (C=O) groups excluding carboxylic acids is 1. The van der Waals surface area contributed by atoms with Gasteiger partial charge in [0.05, 0.1) is 23.4 Å². The van der Waals surface area contributed by atoms with E-state index >= 15 is 0 Å². The fraction of sp³-hybridized carbons (Fsp3) is 0.800. The van der Waals surface area contributed by atoms with Crippen molar-refractivity contribution < 1.29 is 14.3 Å². The van der Waals surface area contributed by atoms with Crippen LogP contribution in [0.15, 0.2) is 11.1 Å². The SMILES string of the molecule is CC(C)=C1C[C@H]2O[C@@]2(C)CC[C@@H]2O[C@@]2(C)CC1=O. The van der Waals surface area contributed by atoms with Crippen LogP contribution < -0.4 is 0 Å². The van der Waals surface area contributed by atoms with Crippen molar-refractivity contribution in [2.45, 2.75) is 76.8 Å². The zero-order chi connectivity index (χ0) is 13.1. The Bertz CT molecular complexity index is 435. The van der Waals surface area contributed by atoms with Gasteiger partial charge in [-0.2, -0.15) is 0 Å². The summed E-state index contributed by atoms with van der Waals surface area (Å²) in [5, 5.41) is 0. The van der Waals surface area contributed by atoms with Crippen LogP contribution in [-0.2, 0) is 14.3 Å². The summed E-state index contributed by atoms with van der Waals surface area (Å²) in [6, 6.07) is 0. The summed E-state index contributed by atoms with van der Waals surface area (Å²) >= 11 is 0. The molecule has 18 heavy (non-hydrogen) atoms. The molecule has 0 amide bonds. The zero-order valence-corrected chi connectivity index (χ0v) is 11.7. The number of ether oxygens (including phenoxy) is 2. The average Bonchev–Trinajstić information content (AvgIpc) is 3.09.